The number of carboxylic acids is 1. The molecule has 0 aliphatic heterocycles. The van der Waals surface area contributed by atoms with Crippen molar-refractivity contribution in [1.82, 2.24) is 0 Å². The van der Waals surface area contributed by atoms with Gasteiger partial charge in [-0.1, -0.05) is 13.8 Å². The van der Waals surface area contributed by atoms with Gasteiger partial charge in [0.1, 0.15) is 0 Å². The smallest absolute Gasteiger partial charge is 0.335 e. The molecular formula is C10H20O3. The molecule has 0 spiro atoms. The molecule has 0 amide bonds. The molecule has 0 bridgehead atoms. The summed E-state index contributed by atoms with van der Waals surface area (Å²) in [6.45, 7) is 7.96. The van der Waals surface area contributed by atoms with E-state index in [1.54, 1.807) is 13.8 Å². The van der Waals surface area contributed by atoms with Gasteiger partial charge in [-0.05, 0) is 32.6 Å². The minimum absolute atomic E-state index is 0.525. The fraction of sp³-hybridized carbons (Fsp3) is 0.900. The molecule has 0 aromatic carbocycles. The lowest BCUT2D eigenvalue weighted by atomic mass is 10.1. The fourth-order valence-electron chi connectivity index (χ4n) is 0.881. The molecule has 0 aromatic heterocycles. The summed E-state index contributed by atoms with van der Waals surface area (Å²) >= 11 is 0. The zero-order valence-corrected chi connectivity index (χ0v) is 8.96. The van der Waals surface area contributed by atoms with Crippen molar-refractivity contribution in [2.24, 2.45) is 5.92 Å². The van der Waals surface area contributed by atoms with Crippen molar-refractivity contribution in [3.63, 3.8) is 0 Å². The van der Waals surface area contributed by atoms with Gasteiger partial charge in [-0.2, -0.15) is 0 Å². The highest BCUT2D eigenvalue weighted by Crippen LogP contribution is 2.11. The minimum atomic E-state index is -1.04. The van der Waals surface area contributed by atoms with Gasteiger partial charge in [0.2, 0.25) is 0 Å². The highest BCUT2D eigenvalue weighted by molar-refractivity contribution is 5.76. The Labute approximate surface area is 80.1 Å². The first kappa shape index (κ1) is 12.4. The predicted octanol–water partition coefficient (Wildman–Crippen LogP) is 2.30. The number of hydrogen-bond acceptors (Lipinski definition) is 2. The monoisotopic (exact) mass is 188 g/mol. The summed E-state index contributed by atoms with van der Waals surface area (Å²) in [7, 11) is 0. The van der Waals surface area contributed by atoms with Crippen molar-refractivity contribution < 1.29 is 14.6 Å². The summed E-state index contributed by atoms with van der Waals surface area (Å²) in [6, 6.07) is 0. The Kier molecular flexibility index (Phi) is 4.99. The van der Waals surface area contributed by atoms with Gasteiger partial charge < -0.3 is 9.84 Å². The molecule has 0 radical (unpaired) electrons. The van der Waals surface area contributed by atoms with Gasteiger partial charge in [0.05, 0.1) is 0 Å². The number of carbonyl (C=O) groups is 1. The van der Waals surface area contributed by atoms with Crippen LogP contribution in [-0.2, 0) is 9.53 Å². The van der Waals surface area contributed by atoms with Gasteiger partial charge in [0.25, 0.3) is 0 Å². The lowest BCUT2D eigenvalue weighted by Crippen LogP contribution is -2.35. The molecule has 3 heteroatoms. The van der Waals surface area contributed by atoms with Crippen LogP contribution in [0.1, 0.15) is 40.5 Å². The molecule has 0 rings (SSSR count). The van der Waals surface area contributed by atoms with Crippen molar-refractivity contribution in [3.8, 4) is 0 Å². The summed E-state index contributed by atoms with van der Waals surface area (Å²) in [5, 5.41) is 8.72. The number of carboxylic acid groups (broad SMARTS) is 1. The second-order valence-corrected chi connectivity index (χ2v) is 4.20. The van der Waals surface area contributed by atoms with E-state index in [0.29, 0.717) is 12.5 Å². The molecule has 78 valence electrons. The summed E-state index contributed by atoms with van der Waals surface area (Å²) in [5.41, 5.74) is -1.04. The second kappa shape index (κ2) is 5.22. The summed E-state index contributed by atoms with van der Waals surface area (Å²) in [5.74, 6) is -0.256. The van der Waals surface area contributed by atoms with E-state index < -0.39 is 11.6 Å². The van der Waals surface area contributed by atoms with Crippen LogP contribution in [0.15, 0.2) is 0 Å². The first-order chi connectivity index (χ1) is 5.86. The van der Waals surface area contributed by atoms with Crippen LogP contribution in [-0.4, -0.2) is 23.3 Å². The van der Waals surface area contributed by atoms with E-state index in [4.69, 9.17) is 9.84 Å². The molecule has 0 aliphatic carbocycles. The zero-order valence-electron chi connectivity index (χ0n) is 8.96. The van der Waals surface area contributed by atoms with E-state index in [1.807, 2.05) is 0 Å². The normalized spacial score (nSPS) is 12.1. The van der Waals surface area contributed by atoms with E-state index in [0.717, 1.165) is 12.8 Å². The SMILES string of the molecule is CC(C)CCCOC(C)(C)C(=O)O. The third-order valence-electron chi connectivity index (χ3n) is 1.90. The maximum Gasteiger partial charge on any atom is 0.335 e. The van der Waals surface area contributed by atoms with Gasteiger partial charge in [-0.3, -0.25) is 0 Å². The Bertz CT molecular complexity index is 162. The van der Waals surface area contributed by atoms with Gasteiger partial charge in [-0.25, -0.2) is 4.79 Å². The largest absolute Gasteiger partial charge is 0.479 e. The average molecular weight is 188 g/mol. The third-order valence-corrected chi connectivity index (χ3v) is 1.90. The van der Waals surface area contributed by atoms with Crippen LogP contribution in [0.3, 0.4) is 0 Å². The van der Waals surface area contributed by atoms with Crippen LogP contribution in [0, 0.1) is 5.92 Å². The number of hydrogen-bond donors (Lipinski definition) is 1. The van der Waals surface area contributed by atoms with Crippen molar-refractivity contribution in [2.75, 3.05) is 6.61 Å². The lowest BCUT2D eigenvalue weighted by molar-refractivity contribution is -0.161. The van der Waals surface area contributed by atoms with E-state index in [1.165, 1.54) is 0 Å². The van der Waals surface area contributed by atoms with E-state index in [2.05, 4.69) is 13.8 Å². The zero-order chi connectivity index (χ0) is 10.5. The third kappa shape index (κ3) is 5.64. The average Bonchev–Trinajstić information content (AvgIpc) is 1.97. The van der Waals surface area contributed by atoms with Crippen molar-refractivity contribution in [3.05, 3.63) is 0 Å². The maximum atomic E-state index is 10.6. The molecule has 0 saturated heterocycles. The molecule has 13 heavy (non-hydrogen) atoms. The lowest BCUT2D eigenvalue weighted by Gasteiger charge is -2.20. The molecule has 0 aromatic rings. The summed E-state index contributed by atoms with van der Waals surface area (Å²) < 4.78 is 5.24. The second-order valence-electron chi connectivity index (χ2n) is 4.20. The molecule has 0 saturated carbocycles. The molecule has 0 fully saturated rings. The van der Waals surface area contributed by atoms with E-state index >= 15 is 0 Å². The maximum absolute atomic E-state index is 10.6. The number of rotatable bonds is 6. The van der Waals surface area contributed by atoms with Crippen LogP contribution in [0.5, 0.6) is 0 Å². The summed E-state index contributed by atoms with van der Waals surface area (Å²) in [6.07, 6.45) is 2.00. The molecule has 0 aliphatic rings. The minimum Gasteiger partial charge on any atom is -0.479 e. The quantitative estimate of drug-likeness (QED) is 0.650. The van der Waals surface area contributed by atoms with Gasteiger partial charge in [0, 0.05) is 6.61 Å². The van der Waals surface area contributed by atoms with Crippen LogP contribution in [0.25, 0.3) is 0 Å². The van der Waals surface area contributed by atoms with Gasteiger partial charge >= 0.3 is 5.97 Å². The van der Waals surface area contributed by atoms with Crippen LogP contribution < -0.4 is 0 Å². The first-order valence-corrected chi connectivity index (χ1v) is 4.73. The Balaban J connectivity index is 3.58. The molecule has 1 N–H and O–H groups in total. The van der Waals surface area contributed by atoms with Gasteiger partial charge in [0.15, 0.2) is 5.60 Å². The number of aliphatic carboxylic acids is 1. The molecule has 3 nitrogen and oxygen atoms in total. The van der Waals surface area contributed by atoms with Crippen molar-refractivity contribution in [2.45, 2.75) is 46.1 Å². The van der Waals surface area contributed by atoms with Crippen molar-refractivity contribution in [1.29, 1.82) is 0 Å². The van der Waals surface area contributed by atoms with Crippen LogP contribution >= 0.6 is 0 Å². The fourth-order valence-corrected chi connectivity index (χ4v) is 0.881. The summed E-state index contributed by atoms with van der Waals surface area (Å²) in [4.78, 5) is 10.6. The highest BCUT2D eigenvalue weighted by atomic mass is 16.5. The molecule has 0 heterocycles. The molecule has 0 unspecified atom stereocenters. The first-order valence-electron chi connectivity index (χ1n) is 4.73. The number of ether oxygens (including phenoxy) is 1. The van der Waals surface area contributed by atoms with Crippen LogP contribution in [0.2, 0.25) is 0 Å². The van der Waals surface area contributed by atoms with Gasteiger partial charge in [-0.15, -0.1) is 0 Å². The van der Waals surface area contributed by atoms with E-state index in [-0.39, 0.29) is 0 Å². The van der Waals surface area contributed by atoms with Crippen LogP contribution in [0.4, 0.5) is 0 Å². The molecule has 0 atom stereocenters. The predicted molar refractivity (Wildman–Crippen MR) is 51.7 cm³/mol. The Morgan fingerprint density at radius 1 is 1.46 bits per heavy atom. The van der Waals surface area contributed by atoms with Crippen molar-refractivity contribution >= 4 is 5.97 Å². The highest BCUT2D eigenvalue weighted by Gasteiger charge is 2.27. The Hall–Kier alpha value is -0.570. The molecular weight excluding hydrogens is 168 g/mol. The standard InChI is InChI=1S/C10H20O3/c1-8(2)6-5-7-13-10(3,4)9(11)12/h8H,5-7H2,1-4H3,(H,11,12). The Morgan fingerprint density at radius 2 is 2.00 bits per heavy atom. The topological polar surface area (TPSA) is 46.5 Å². The Morgan fingerprint density at radius 3 is 2.38 bits per heavy atom. The van der Waals surface area contributed by atoms with E-state index in [9.17, 15) is 4.79 Å².